The van der Waals surface area contributed by atoms with E-state index in [1.54, 1.807) is 18.6 Å². The number of nitrogens with zero attached hydrogens (tertiary/aromatic N) is 2. The quantitative estimate of drug-likeness (QED) is 0.850. The molecule has 1 saturated carbocycles. The highest BCUT2D eigenvalue weighted by molar-refractivity contribution is 5.90. The van der Waals surface area contributed by atoms with Crippen molar-refractivity contribution in [1.82, 2.24) is 9.97 Å². The Labute approximate surface area is 107 Å². The molecule has 1 aromatic rings. The molecule has 1 aliphatic rings. The number of amides is 1. The minimum absolute atomic E-state index is 0.00938. The van der Waals surface area contributed by atoms with Gasteiger partial charge in [-0.05, 0) is 24.8 Å². The van der Waals surface area contributed by atoms with E-state index in [4.69, 9.17) is 5.73 Å². The summed E-state index contributed by atoms with van der Waals surface area (Å²) in [6.07, 6.45) is 10.9. The minimum Gasteiger partial charge on any atom is -0.330 e. The second kappa shape index (κ2) is 5.91. The molecule has 98 valence electrons. The van der Waals surface area contributed by atoms with E-state index in [9.17, 15) is 4.79 Å². The maximum Gasteiger partial charge on any atom is 0.226 e. The van der Waals surface area contributed by atoms with Crippen LogP contribution in [0.1, 0.15) is 38.5 Å². The van der Waals surface area contributed by atoms with E-state index in [2.05, 4.69) is 15.3 Å². The fraction of sp³-hybridized carbons (Fsp3) is 0.615. The molecule has 1 heterocycles. The summed E-state index contributed by atoms with van der Waals surface area (Å²) >= 11 is 0. The van der Waals surface area contributed by atoms with E-state index >= 15 is 0 Å². The molecule has 1 amide bonds. The number of rotatable bonds is 4. The van der Waals surface area contributed by atoms with E-state index in [0.29, 0.717) is 18.8 Å². The standard InChI is InChI=1S/C13H20N4O/c14-10-13(4-2-1-3-5-13)8-12(18)17-11-9-15-6-7-16-11/h6-7,9H,1-5,8,10,14H2,(H,16,17,18). The lowest BCUT2D eigenvalue weighted by molar-refractivity contribution is -0.118. The summed E-state index contributed by atoms with van der Waals surface area (Å²) in [4.78, 5) is 20.0. The van der Waals surface area contributed by atoms with E-state index < -0.39 is 0 Å². The van der Waals surface area contributed by atoms with E-state index in [-0.39, 0.29) is 11.3 Å². The Kier molecular flexibility index (Phi) is 4.25. The SMILES string of the molecule is NCC1(CC(=O)Nc2cnccn2)CCCCC1. The van der Waals surface area contributed by atoms with Gasteiger partial charge in [-0.2, -0.15) is 0 Å². The van der Waals surface area contributed by atoms with Gasteiger partial charge in [-0.25, -0.2) is 4.98 Å². The van der Waals surface area contributed by atoms with Crippen LogP contribution in [0.4, 0.5) is 5.82 Å². The molecular weight excluding hydrogens is 228 g/mol. The molecule has 1 aliphatic carbocycles. The molecule has 0 aliphatic heterocycles. The lowest BCUT2D eigenvalue weighted by atomic mass is 9.71. The van der Waals surface area contributed by atoms with Gasteiger partial charge in [0.15, 0.2) is 5.82 Å². The zero-order valence-corrected chi connectivity index (χ0v) is 10.6. The highest BCUT2D eigenvalue weighted by Gasteiger charge is 2.32. The van der Waals surface area contributed by atoms with E-state index in [1.807, 2.05) is 0 Å². The number of nitrogens with one attached hydrogen (secondary N) is 1. The Morgan fingerprint density at radius 3 is 2.72 bits per heavy atom. The largest absolute Gasteiger partial charge is 0.330 e. The van der Waals surface area contributed by atoms with Gasteiger partial charge in [0.25, 0.3) is 0 Å². The number of anilines is 1. The molecule has 5 nitrogen and oxygen atoms in total. The van der Waals surface area contributed by atoms with Crippen molar-refractivity contribution < 1.29 is 4.79 Å². The lowest BCUT2D eigenvalue weighted by Gasteiger charge is -2.35. The van der Waals surface area contributed by atoms with Crippen molar-refractivity contribution in [2.45, 2.75) is 38.5 Å². The van der Waals surface area contributed by atoms with Gasteiger partial charge in [0.2, 0.25) is 5.91 Å². The van der Waals surface area contributed by atoms with E-state index in [0.717, 1.165) is 12.8 Å². The normalized spacial score (nSPS) is 18.3. The molecule has 18 heavy (non-hydrogen) atoms. The predicted molar refractivity (Wildman–Crippen MR) is 69.9 cm³/mol. The van der Waals surface area contributed by atoms with Crippen molar-refractivity contribution in [3.63, 3.8) is 0 Å². The van der Waals surface area contributed by atoms with Gasteiger partial charge in [0.1, 0.15) is 0 Å². The minimum atomic E-state index is -0.0112. The molecule has 1 fully saturated rings. The Bertz CT molecular complexity index is 387. The summed E-state index contributed by atoms with van der Waals surface area (Å²) in [6.45, 7) is 0.584. The maximum atomic E-state index is 12.0. The average molecular weight is 248 g/mol. The van der Waals surface area contributed by atoms with Crippen molar-refractivity contribution in [1.29, 1.82) is 0 Å². The molecule has 0 radical (unpaired) electrons. The monoisotopic (exact) mass is 248 g/mol. The molecule has 0 saturated heterocycles. The fourth-order valence-electron chi connectivity index (χ4n) is 2.65. The Morgan fingerprint density at radius 2 is 2.11 bits per heavy atom. The highest BCUT2D eigenvalue weighted by Crippen LogP contribution is 2.38. The molecule has 0 aromatic carbocycles. The van der Waals surface area contributed by atoms with Crippen LogP contribution in [0, 0.1) is 5.41 Å². The van der Waals surface area contributed by atoms with E-state index in [1.165, 1.54) is 19.3 Å². The fourth-order valence-corrected chi connectivity index (χ4v) is 2.65. The second-order valence-corrected chi connectivity index (χ2v) is 5.08. The molecule has 0 atom stereocenters. The van der Waals surface area contributed by atoms with Crippen molar-refractivity contribution in [3.05, 3.63) is 18.6 Å². The summed E-state index contributed by atoms with van der Waals surface area (Å²) in [5.41, 5.74) is 5.86. The highest BCUT2D eigenvalue weighted by atomic mass is 16.1. The van der Waals surface area contributed by atoms with Crippen molar-refractivity contribution in [3.8, 4) is 0 Å². The molecule has 0 spiro atoms. The molecule has 3 N–H and O–H groups in total. The van der Waals surface area contributed by atoms with Gasteiger partial charge in [0, 0.05) is 18.8 Å². The lowest BCUT2D eigenvalue weighted by Crippen LogP contribution is -2.36. The van der Waals surface area contributed by atoms with Crippen LogP contribution in [0.25, 0.3) is 0 Å². The smallest absolute Gasteiger partial charge is 0.226 e. The molecule has 0 bridgehead atoms. The molecule has 0 unspecified atom stereocenters. The van der Waals surface area contributed by atoms with Gasteiger partial charge in [-0.3, -0.25) is 9.78 Å². The summed E-state index contributed by atoms with van der Waals surface area (Å²) in [5, 5.41) is 2.78. The number of nitrogens with two attached hydrogens (primary N) is 1. The number of hydrogen-bond acceptors (Lipinski definition) is 4. The van der Waals surface area contributed by atoms with Gasteiger partial charge in [0.05, 0.1) is 6.20 Å². The van der Waals surface area contributed by atoms with Gasteiger partial charge in [-0.1, -0.05) is 19.3 Å². The number of carbonyl (C=O) groups excluding carboxylic acids is 1. The van der Waals surface area contributed by atoms with Crippen molar-refractivity contribution in [2.24, 2.45) is 11.1 Å². The third kappa shape index (κ3) is 3.26. The van der Waals surface area contributed by atoms with Crippen LogP contribution in [0.5, 0.6) is 0 Å². The first-order chi connectivity index (χ1) is 8.74. The Morgan fingerprint density at radius 1 is 1.33 bits per heavy atom. The van der Waals surface area contributed by atoms with Crippen LogP contribution in [0.3, 0.4) is 0 Å². The molecule has 1 aromatic heterocycles. The molecule has 2 rings (SSSR count). The summed E-state index contributed by atoms with van der Waals surface area (Å²) in [5.74, 6) is 0.494. The second-order valence-electron chi connectivity index (χ2n) is 5.08. The number of aromatic nitrogens is 2. The van der Waals surface area contributed by atoms with Gasteiger partial charge in [-0.15, -0.1) is 0 Å². The van der Waals surface area contributed by atoms with Crippen LogP contribution in [0.15, 0.2) is 18.6 Å². The summed E-state index contributed by atoms with van der Waals surface area (Å²) < 4.78 is 0. The predicted octanol–water partition coefficient (Wildman–Crippen LogP) is 1.71. The summed E-state index contributed by atoms with van der Waals surface area (Å²) in [6, 6.07) is 0. The van der Waals surface area contributed by atoms with Crippen molar-refractivity contribution >= 4 is 11.7 Å². The first kappa shape index (κ1) is 13.0. The zero-order valence-electron chi connectivity index (χ0n) is 10.6. The average Bonchev–Trinajstić information content (AvgIpc) is 2.41. The van der Waals surface area contributed by atoms with Crippen LogP contribution in [0.2, 0.25) is 0 Å². The Hall–Kier alpha value is -1.49. The van der Waals surface area contributed by atoms with Gasteiger partial charge < -0.3 is 11.1 Å². The zero-order chi connectivity index (χ0) is 12.8. The maximum absolute atomic E-state index is 12.0. The molecular formula is C13H20N4O. The van der Waals surface area contributed by atoms with Crippen LogP contribution in [-0.4, -0.2) is 22.4 Å². The topological polar surface area (TPSA) is 80.9 Å². The molecule has 5 heteroatoms. The summed E-state index contributed by atoms with van der Waals surface area (Å²) in [7, 11) is 0. The van der Waals surface area contributed by atoms with Crippen LogP contribution >= 0.6 is 0 Å². The Balaban J connectivity index is 1.93. The van der Waals surface area contributed by atoms with Crippen LogP contribution in [-0.2, 0) is 4.79 Å². The first-order valence-electron chi connectivity index (χ1n) is 6.50. The van der Waals surface area contributed by atoms with Crippen LogP contribution < -0.4 is 11.1 Å². The number of carbonyl (C=O) groups is 1. The third-order valence-electron chi connectivity index (χ3n) is 3.71. The third-order valence-corrected chi connectivity index (χ3v) is 3.71. The number of hydrogen-bond donors (Lipinski definition) is 2. The van der Waals surface area contributed by atoms with Gasteiger partial charge >= 0.3 is 0 Å². The van der Waals surface area contributed by atoms with Crippen molar-refractivity contribution in [2.75, 3.05) is 11.9 Å². The first-order valence-corrected chi connectivity index (χ1v) is 6.50.